The summed E-state index contributed by atoms with van der Waals surface area (Å²) in [5.41, 5.74) is 3.03. The lowest BCUT2D eigenvalue weighted by molar-refractivity contribution is -0.118. The van der Waals surface area contributed by atoms with Crippen molar-refractivity contribution in [3.05, 3.63) is 51.4 Å². The molecule has 2 N–H and O–H groups in total. The van der Waals surface area contributed by atoms with Crippen LogP contribution in [0.1, 0.15) is 41.8 Å². The zero-order valence-corrected chi connectivity index (χ0v) is 23.5. The molecule has 3 aromatic rings. The number of pyridine rings is 1. The van der Waals surface area contributed by atoms with Gasteiger partial charge in [-0.3, -0.25) is 14.5 Å². The molecule has 1 aromatic carbocycles. The maximum atomic E-state index is 13.1. The van der Waals surface area contributed by atoms with Gasteiger partial charge in [-0.1, -0.05) is 6.07 Å². The van der Waals surface area contributed by atoms with Crippen molar-refractivity contribution < 1.29 is 28.6 Å². The molecule has 220 valence electrons. The molecular weight excluding hydrogens is 544 g/mol. The first-order chi connectivity index (χ1) is 20.4. The van der Waals surface area contributed by atoms with E-state index in [1.807, 2.05) is 23.6 Å². The van der Waals surface area contributed by atoms with Gasteiger partial charge in [0.1, 0.15) is 11.7 Å². The van der Waals surface area contributed by atoms with E-state index in [0.29, 0.717) is 37.4 Å². The highest BCUT2D eigenvalue weighted by Crippen LogP contribution is 2.32. The maximum Gasteiger partial charge on any atom is 0.415 e. The molecule has 1 aliphatic carbocycles. The molecule has 0 saturated carbocycles. The van der Waals surface area contributed by atoms with Gasteiger partial charge in [0.15, 0.2) is 18.2 Å². The van der Waals surface area contributed by atoms with Crippen molar-refractivity contribution in [3.63, 3.8) is 0 Å². The zero-order valence-electron chi connectivity index (χ0n) is 23.5. The number of ether oxygens (including phenoxy) is 3. The molecule has 42 heavy (non-hydrogen) atoms. The molecule has 0 spiro atoms. The third-order valence-electron chi connectivity index (χ3n) is 7.83. The van der Waals surface area contributed by atoms with Crippen LogP contribution < -0.4 is 25.7 Å². The van der Waals surface area contributed by atoms with Crippen LogP contribution in [0.5, 0.6) is 5.88 Å². The number of nitrogens with one attached hydrogen (secondary N) is 2. The molecule has 2 amide bonds. The van der Waals surface area contributed by atoms with Gasteiger partial charge in [-0.2, -0.15) is 0 Å². The Bertz CT molecular complexity index is 1640. The minimum absolute atomic E-state index is 0.0630. The van der Waals surface area contributed by atoms with Crippen LogP contribution in [0.15, 0.2) is 29.3 Å². The number of aryl methyl sites for hydroxylation is 1. The number of fused-ring (bicyclic) bond motifs is 4. The van der Waals surface area contributed by atoms with E-state index in [2.05, 4.69) is 20.6 Å². The smallest absolute Gasteiger partial charge is 0.415 e. The Morgan fingerprint density at radius 2 is 2.07 bits per heavy atom. The summed E-state index contributed by atoms with van der Waals surface area (Å²) >= 11 is 0. The summed E-state index contributed by atoms with van der Waals surface area (Å²) in [6.07, 6.45) is 4.56. The maximum absolute atomic E-state index is 13.1. The first kappa shape index (κ1) is 27.6. The molecule has 13 heteroatoms. The summed E-state index contributed by atoms with van der Waals surface area (Å²) in [6, 6.07) is 3.83. The third kappa shape index (κ3) is 5.15. The van der Waals surface area contributed by atoms with E-state index in [0.717, 1.165) is 30.5 Å². The summed E-state index contributed by atoms with van der Waals surface area (Å²) in [5, 5.41) is 6.63. The minimum Gasteiger partial charge on any atom is -0.465 e. The van der Waals surface area contributed by atoms with Gasteiger partial charge in [0.25, 0.3) is 11.8 Å². The van der Waals surface area contributed by atoms with Crippen molar-refractivity contribution in [2.45, 2.75) is 45.8 Å². The second-order valence-electron chi connectivity index (χ2n) is 10.6. The van der Waals surface area contributed by atoms with E-state index in [-0.39, 0.29) is 53.7 Å². The number of nitrogens with zero attached hydrogens (tertiary/aromatic N) is 4. The highest BCUT2D eigenvalue weighted by Gasteiger charge is 2.34. The molecule has 1 saturated heterocycles. The standard InChI is InChI=1S/C29H32N6O7/c1-3-34-14-21(28(38)40-4-2)25(37)19-6-5-17-9-16(10-20(17)24(19)34)11-30-8-7-18-13-35(29(39)42-18)22-12-31-27-26(32-22)33-23(36)15-41-27/h5-6,12,14,16,18,30H,3-4,7-11,13,15H2,1-2H3,(H,32,33,36). The summed E-state index contributed by atoms with van der Waals surface area (Å²) in [4.78, 5) is 59.5. The topological polar surface area (TPSA) is 154 Å². The van der Waals surface area contributed by atoms with Crippen molar-refractivity contribution in [1.82, 2.24) is 19.9 Å². The van der Waals surface area contributed by atoms with Gasteiger partial charge in [-0.05, 0) is 69.3 Å². The van der Waals surface area contributed by atoms with Crippen molar-refractivity contribution in [3.8, 4) is 5.88 Å². The number of cyclic esters (lactones) is 1. The summed E-state index contributed by atoms with van der Waals surface area (Å²) in [6.45, 7) is 6.18. The highest BCUT2D eigenvalue weighted by molar-refractivity contribution is 5.95. The average Bonchev–Trinajstić information content (AvgIpc) is 3.58. The van der Waals surface area contributed by atoms with Crippen LogP contribution in [0.25, 0.3) is 10.9 Å². The molecule has 2 atom stereocenters. The number of carbonyl (C=O) groups excluding carboxylic acids is 3. The van der Waals surface area contributed by atoms with Crippen LogP contribution in [0, 0.1) is 5.92 Å². The Balaban J connectivity index is 1.05. The van der Waals surface area contributed by atoms with E-state index in [4.69, 9.17) is 14.2 Å². The molecule has 13 nitrogen and oxygen atoms in total. The second-order valence-corrected chi connectivity index (χ2v) is 10.6. The molecular formula is C29H32N6O7. The molecule has 4 heterocycles. The quantitative estimate of drug-likeness (QED) is 0.286. The normalized spacial score (nSPS) is 19.2. The lowest BCUT2D eigenvalue weighted by atomic mass is 10.0. The Labute approximate surface area is 241 Å². The van der Waals surface area contributed by atoms with Gasteiger partial charge in [0.2, 0.25) is 5.43 Å². The Hall–Kier alpha value is -4.52. The number of rotatable bonds is 9. The van der Waals surface area contributed by atoms with E-state index in [1.54, 1.807) is 13.1 Å². The van der Waals surface area contributed by atoms with Gasteiger partial charge in [-0.15, -0.1) is 0 Å². The van der Waals surface area contributed by atoms with Crippen molar-refractivity contribution in [2.24, 2.45) is 5.92 Å². The molecule has 2 unspecified atom stereocenters. The summed E-state index contributed by atoms with van der Waals surface area (Å²) < 4.78 is 17.8. The Morgan fingerprint density at radius 1 is 1.21 bits per heavy atom. The largest absolute Gasteiger partial charge is 0.465 e. The van der Waals surface area contributed by atoms with E-state index in [1.165, 1.54) is 16.7 Å². The monoisotopic (exact) mass is 576 g/mol. The van der Waals surface area contributed by atoms with Crippen molar-refractivity contribution in [2.75, 3.05) is 43.1 Å². The number of benzene rings is 1. The molecule has 1 fully saturated rings. The number of amides is 2. The number of esters is 1. The molecule has 0 radical (unpaired) electrons. The number of hydrogen-bond donors (Lipinski definition) is 2. The predicted molar refractivity (Wildman–Crippen MR) is 152 cm³/mol. The third-order valence-corrected chi connectivity index (χ3v) is 7.83. The van der Waals surface area contributed by atoms with Gasteiger partial charge in [-0.25, -0.2) is 19.6 Å². The Morgan fingerprint density at radius 3 is 2.88 bits per heavy atom. The highest BCUT2D eigenvalue weighted by atomic mass is 16.6. The number of hydrogen-bond acceptors (Lipinski definition) is 10. The molecule has 2 aromatic heterocycles. The molecule has 3 aliphatic rings. The van der Waals surface area contributed by atoms with Gasteiger partial charge >= 0.3 is 12.1 Å². The van der Waals surface area contributed by atoms with Crippen molar-refractivity contribution >= 4 is 40.5 Å². The predicted octanol–water partition coefficient (Wildman–Crippen LogP) is 2.04. The van der Waals surface area contributed by atoms with Crippen LogP contribution >= 0.6 is 0 Å². The lowest BCUT2D eigenvalue weighted by Crippen LogP contribution is -2.30. The number of anilines is 2. The SMILES string of the molecule is CCOC(=O)c1cn(CC)c2c3c(ccc2c1=O)CC(CNCCC1CN(c2cnc4c(n2)NC(=O)CO4)C(=O)O1)C3. The van der Waals surface area contributed by atoms with E-state index < -0.39 is 12.1 Å². The molecule has 6 rings (SSSR count). The van der Waals surface area contributed by atoms with Crippen molar-refractivity contribution in [1.29, 1.82) is 0 Å². The first-order valence-corrected chi connectivity index (χ1v) is 14.2. The average molecular weight is 577 g/mol. The van der Waals surface area contributed by atoms with Crippen LogP contribution in [-0.4, -0.2) is 71.5 Å². The first-order valence-electron chi connectivity index (χ1n) is 14.2. The fraction of sp³-hybridized carbons (Fsp3) is 0.448. The molecule has 2 aliphatic heterocycles. The van der Waals surface area contributed by atoms with Crippen LogP contribution in [-0.2, 0) is 33.7 Å². The Kier molecular flexibility index (Phi) is 7.50. The van der Waals surface area contributed by atoms with E-state index in [9.17, 15) is 19.2 Å². The fourth-order valence-electron chi connectivity index (χ4n) is 5.87. The van der Waals surface area contributed by atoms with Gasteiger partial charge < -0.3 is 29.4 Å². The number of aromatic nitrogens is 3. The van der Waals surface area contributed by atoms with Gasteiger partial charge in [0, 0.05) is 18.1 Å². The van der Waals surface area contributed by atoms with E-state index >= 15 is 0 Å². The molecule has 0 bridgehead atoms. The summed E-state index contributed by atoms with van der Waals surface area (Å²) in [5.74, 6) is 0.111. The summed E-state index contributed by atoms with van der Waals surface area (Å²) in [7, 11) is 0. The zero-order chi connectivity index (χ0) is 29.4. The second kappa shape index (κ2) is 11.4. The van der Waals surface area contributed by atoms with Crippen LogP contribution in [0.4, 0.5) is 16.4 Å². The van der Waals surface area contributed by atoms with Crippen LogP contribution in [0.2, 0.25) is 0 Å². The number of carbonyl (C=O) groups is 3. The fourth-order valence-corrected chi connectivity index (χ4v) is 5.87. The van der Waals surface area contributed by atoms with Crippen LogP contribution in [0.3, 0.4) is 0 Å². The minimum atomic E-state index is -0.594. The lowest BCUT2D eigenvalue weighted by Gasteiger charge is -2.18. The van der Waals surface area contributed by atoms with Gasteiger partial charge in [0.05, 0.1) is 24.9 Å².